The van der Waals surface area contributed by atoms with Gasteiger partial charge in [0.1, 0.15) is 5.76 Å². The molecule has 1 aliphatic carbocycles. The van der Waals surface area contributed by atoms with E-state index in [1.165, 1.54) is 28.6 Å². The van der Waals surface area contributed by atoms with Crippen molar-refractivity contribution in [3.63, 3.8) is 0 Å². The van der Waals surface area contributed by atoms with Crippen LogP contribution in [0.3, 0.4) is 0 Å². The zero-order chi connectivity index (χ0) is 21.7. The molecular weight excluding hydrogens is 419 g/mol. The fourth-order valence-corrected chi connectivity index (χ4v) is 3.54. The Morgan fingerprint density at radius 1 is 1.27 bits per heavy atom. The van der Waals surface area contributed by atoms with E-state index >= 15 is 0 Å². The monoisotopic (exact) mass is 437 g/mol. The molecule has 1 aliphatic rings. The summed E-state index contributed by atoms with van der Waals surface area (Å²) in [4.78, 5) is 11.6. The third-order valence-electron chi connectivity index (χ3n) is 4.04. The summed E-state index contributed by atoms with van der Waals surface area (Å²) in [6, 6.07) is 4.70. The summed E-state index contributed by atoms with van der Waals surface area (Å²) in [5.41, 5.74) is 1.46. The number of carbonyl (C=O) groups is 1. The minimum atomic E-state index is -4.38. The number of halogens is 3. The lowest BCUT2D eigenvalue weighted by Gasteiger charge is -2.07. The van der Waals surface area contributed by atoms with E-state index in [0.717, 1.165) is 22.6 Å². The molecule has 0 spiro atoms. The third kappa shape index (κ3) is 5.99. The number of hydrogen-bond acceptors (Lipinski definition) is 5. The summed E-state index contributed by atoms with van der Waals surface area (Å²) >= 11 is 1.51. The fraction of sp³-hybridized carbons (Fsp3) is 0.250. The molecule has 0 fully saturated rings. The highest BCUT2D eigenvalue weighted by Gasteiger charge is 2.30. The van der Waals surface area contributed by atoms with Crippen LogP contribution < -0.4 is 0 Å². The number of alkyl halides is 3. The van der Waals surface area contributed by atoms with Crippen molar-refractivity contribution in [2.24, 2.45) is 0 Å². The summed E-state index contributed by atoms with van der Waals surface area (Å²) in [6.45, 7) is 1.54. The molecule has 6 nitrogen and oxygen atoms in total. The van der Waals surface area contributed by atoms with Crippen molar-refractivity contribution in [1.82, 2.24) is 15.0 Å². The molecule has 0 saturated carbocycles. The van der Waals surface area contributed by atoms with Gasteiger partial charge in [-0.25, -0.2) is 9.48 Å². The van der Waals surface area contributed by atoms with Gasteiger partial charge in [0.25, 0.3) is 0 Å². The molecule has 30 heavy (non-hydrogen) atoms. The van der Waals surface area contributed by atoms with Crippen LogP contribution >= 0.6 is 11.8 Å². The molecule has 0 aliphatic heterocycles. The number of ether oxygens (including phenoxy) is 1. The van der Waals surface area contributed by atoms with Gasteiger partial charge in [0.05, 0.1) is 23.1 Å². The number of nitrogens with zero attached hydrogens (tertiary/aromatic N) is 3. The highest BCUT2D eigenvalue weighted by molar-refractivity contribution is 8.02. The maximum absolute atomic E-state index is 12.7. The van der Waals surface area contributed by atoms with E-state index in [1.807, 2.05) is 19.1 Å². The number of hydrogen-bond donors (Lipinski definition) is 1. The molecule has 2 aromatic rings. The summed E-state index contributed by atoms with van der Waals surface area (Å²) in [6.07, 6.45) is 3.39. The first-order chi connectivity index (χ1) is 14.2. The van der Waals surface area contributed by atoms with Gasteiger partial charge < -0.3 is 9.84 Å². The lowest BCUT2D eigenvalue weighted by atomic mass is 10.2. The number of aromatic nitrogens is 3. The van der Waals surface area contributed by atoms with Gasteiger partial charge in [-0.15, -0.1) is 16.9 Å². The average Bonchev–Trinajstić information content (AvgIpc) is 3.08. The number of benzene rings is 1. The topological polar surface area (TPSA) is 77.2 Å². The summed E-state index contributed by atoms with van der Waals surface area (Å²) < 4.78 is 44.7. The minimum Gasteiger partial charge on any atom is -0.486 e. The molecule has 10 heteroatoms. The number of rotatable bonds is 7. The standard InChI is InChI=1S/C20H18F3N3O3S/c1-13-8-17(29-11-19(27)28)6-7-18(9-13)30-12-15-10-26(25-24-15)16-4-2-14(3-5-16)20(21,22)23/h2-7,9-10H,8,11-12H2,1H3,(H,27,28). The van der Waals surface area contributed by atoms with E-state index < -0.39 is 17.7 Å². The van der Waals surface area contributed by atoms with Crippen LogP contribution in [0.25, 0.3) is 5.69 Å². The van der Waals surface area contributed by atoms with Crippen LogP contribution in [-0.4, -0.2) is 32.7 Å². The Morgan fingerprint density at radius 3 is 2.67 bits per heavy atom. The number of thioether (sulfide) groups is 1. The van der Waals surface area contributed by atoms with Crippen molar-refractivity contribution >= 4 is 17.7 Å². The molecular formula is C20H18F3N3O3S. The smallest absolute Gasteiger partial charge is 0.416 e. The third-order valence-corrected chi connectivity index (χ3v) is 5.07. The Balaban J connectivity index is 1.63. The van der Waals surface area contributed by atoms with Crippen molar-refractivity contribution in [2.45, 2.75) is 25.3 Å². The van der Waals surface area contributed by atoms with Crippen LogP contribution in [0, 0.1) is 0 Å². The number of carboxylic acid groups (broad SMARTS) is 1. The molecule has 0 amide bonds. The lowest BCUT2D eigenvalue weighted by Crippen LogP contribution is -2.06. The van der Waals surface area contributed by atoms with Gasteiger partial charge in [-0.05, 0) is 49.4 Å². The zero-order valence-electron chi connectivity index (χ0n) is 15.9. The predicted molar refractivity (Wildman–Crippen MR) is 106 cm³/mol. The van der Waals surface area contributed by atoms with E-state index in [4.69, 9.17) is 9.84 Å². The van der Waals surface area contributed by atoms with Crippen LogP contribution in [0.2, 0.25) is 0 Å². The fourth-order valence-electron chi connectivity index (χ4n) is 2.65. The molecule has 0 unspecified atom stereocenters. The minimum absolute atomic E-state index is 0.386. The summed E-state index contributed by atoms with van der Waals surface area (Å²) in [7, 11) is 0. The van der Waals surface area contributed by atoms with Crippen molar-refractivity contribution in [1.29, 1.82) is 0 Å². The Labute approximate surface area is 174 Å². The largest absolute Gasteiger partial charge is 0.486 e. The quantitative estimate of drug-likeness (QED) is 0.674. The van der Waals surface area contributed by atoms with Gasteiger partial charge >= 0.3 is 12.1 Å². The molecule has 1 aromatic heterocycles. The van der Waals surface area contributed by atoms with Gasteiger partial charge in [0, 0.05) is 17.1 Å². The maximum Gasteiger partial charge on any atom is 0.416 e. The Morgan fingerprint density at radius 2 is 2.00 bits per heavy atom. The molecule has 0 atom stereocenters. The predicted octanol–water partition coefficient (Wildman–Crippen LogP) is 4.74. The van der Waals surface area contributed by atoms with Crippen LogP contribution in [0.4, 0.5) is 13.2 Å². The van der Waals surface area contributed by atoms with Gasteiger partial charge in [0.2, 0.25) is 0 Å². The first kappa shape index (κ1) is 21.7. The van der Waals surface area contributed by atoms with Crippen LogP contribution in [0.15, 0.2) is 64.9 Å². The van der Waals surface area contributed by atoms with E-state index in [0.29, 0.717) is 29.3 Å². The van der Waals surface area contributed by atoms with E-state index in [-0.39, 0.29) is 6.61 Å². The van der Waals surface area contributed by atoms with Crippen molar-refractivity contribution in [3.05, 3.63) is 76.2 Å². The maximum atomic E-state index is 12.7. The Kier molecular flexibility index (Phi) is 6.66. The first-order valence-corrected chi connectivity index (χ1v) is 9.83. The second-order valence-electron chi connectivity index (χ2n) is 6.54. The molecule has 1 aromatic carbocycles. The molecule has 0 saturated heterocycles. The average molecular weight is 437 g/mol. The Hall–Kier alpha value is -3.01. The second kappa shape index (κ2) is 9.21. The molecule has 158 valence electrons. The normalized spacial score (nSPS) is 14.5. The SMILES string of the molecule is CC1=CC(SCc2cn(-c3ccc(C(F)(F)F)cc3)nn2)=CC=C(OCC(=O)O)C1. The van der Waals surface area contributed by atoms with Gasteiger partial charge in [-0.1, -0.05) is 10.8 Å². The highest BCUT2D eigenvalue weighted by Crippen LogP contribution is 2.30. The Bertz CT molecular complexity index is 1010. The van der Waals surface area contributed by atoms with Gasteiger partial charge in [-0.3, -0.25) is 0 Å². The molecule has 1 N–H and O–H groups in total. The van der Waals surface area contributed by atoms with E-state index in [2.05, 4.69) is 10.3 Å². The number of allylic oxidation sites excluding steroid dienone is 4. The van der Waals surface area contributed by atoms with Crippen molar-refractivity contribution in [2.75, 3.05) is 6.61 Å². The van der Waals surface area contributed by atoms with Gasteiger partial charge in [0.15, 0.2) is 6.61 Å². The van der Waals surface area contributed by atoms with Gasteiger partial charge in [-0.2, -0.15) is 13.2 Å². The second-order valence-corrected chi connectivity index (χ2v) is 7.59. The van der Waals surface area contributed by atoms with Crippen LogP contribution in [0.1, 0.15) is 24.6 Å². The molecule has 3 rings (SSSR count). The van der Waals surface area contributed by atoms with Crippen molar-refractivity contribution in [3.8, 4) is 5.69 Å². The lowest BCUT2D eigenvalue weighted by molar-refractivity contribution is -0.141. The first-order valence-electron chi connectivity index (χ1n) is 8.85. The van der Waals surface area contributed by atoms with E-state index in [1.54, 1.807) is 12.3 Å². The van der Waals surface area contributed by atoms with Crippen LogP contribution in [-0.2, 0) is 21.5 Å². The number of aliphatic carboxylic acids is 1. The van der Waals surface area contributed by atoms with Crippen LogP contribution in [0.5, 0.6) is 0 Å². The zero-order valence-corrected chi connectivity index (χ0v) is 16.7. The summed E-state index contributed by atoms with van der Waals surface area (Å²) in [5, 5.41) is 16.8. The van der Waals surface area contributed by atoms with Crippen molar-refractivity contribution < 1.29 is 27.8 Å². The summed E-state index contributed by atoms with van der Waals surface area (Å²) in [5.74, 6) is 0.0570. The number of carboxylic acids is 1. The molecule has 0 radical (unpaired) electrons. The molecule has 0 bridgehead atoms. The van der Waals surface area contributed by atoms with E-state index in [9.17, 15) is 18.0 Å². The molecule has 1 heterocycles. The highest BCUT2D eigenvalue weighted by atomic mass is 32.2.